The Morgan fingerprint density at radius 3 is 2.44 bits per heavy atom. The van der Waals surface area contributed by atoms with Crippen LogP contribution < -0.4 is 11.1 Å². The van der Waals surface area contributed by atoms with E-state index in [1.165, 1.54) is 6.07 Å². The average molecular weight is 251 g/mol. The molecule has 1 aromatic rings. The van der Waals surface area contributed by atoms with Gasteiger partial charge in [-0.3, -0.25) is 14.9 Å². The molecule has 0 spiro atoms. The molecule has 0 saturated carbocycles. The van der Waals surface area contributed by atoms with Gasteiger partial charge in [-0.05, 0) is 25.0 Å². The Hall–Kier alpha value is -2.11. The Morgan fingerprint density at radius 2 is 2.06 bits per heavy atom. The maximum atomic E-state index is 11.3. The lowest BCUT2D eigenvalue weighted by Gasteiger charge is -2.20. The summed E-state index contributed by atoms with van der Waals surface area (Å²) in [6.07, 6.45) is 0. The number of hydrogen-bond acceptors (Lipinski definition) is 4. The minimum atomic E-state index is -0.495. The second kappa shape index (κ2) is 5.48. The highest BCUT2D eigenvalue weighted by atomic mass is 16.6. The van der Waals surface area contributed by atoms with Crippen LogP contribution in [0.3, 0.4) is 0 Å². The standard InChI is InChI=1S/C12H17N3O3/c1-7(2)11(12(13)16)14-9-4-5-10(15(17)18)8(3)6-9/h4-7,11,14H,1-3H3,(H2,13,16). The number of rotatable bonds is 5. The second-order valence-corrected chi connectivity index (χ2v) is 4.53. The van der Waals surface area contributed by atoms with Crippen molar-refractivity contribution in [1.29, 1.82) is 0 Å². The predicted octanol–water partition coefficient (Wildman–Crippen LogP) is 1.83. The Labute approximate surface area is 105 Å². The normalized spacial score (nSPS) is 12.2. The first kappa shape index (κ1) is 14.0. The fourth-order valence-electron chi connectivity index (χ4n) is 1.70. The van der Waals surface area contributed by atoms with E-state index in [1.54, 1.807) is 19.1 Å². The average Bonchev–Trinajstić information content (AvgIpc) is 2.24. The number of carbonyl (C=O) groups excluding carboxylic acids is 1. The summed E-state index contributed by atoms with van der Waals surface area (Å²) in [5.74, 6) is -0.404. The van der Waals surface area contributed by atoms with Crippen LogP contribution in [0.5, 0.6) is 0 Å². The minimum Gasteiger partial charge on any atom is -0.373 e. The Kier molecular flexibility index (Phi) is 4.25. The summed E-state index contributed by atoms with van der Waals surface area (Å²) in [5.41, 5.74) is 6.54. The molecule has 0 bridgehead atoms. The van der Waals surface area contributed by atoms with Crippen LogP contribution in [0.15, 0.2) is 18.2 Å². The molecule has 0 aliphatic heterocycles. The third kappa shape index (κ3) is 3.19. The number of anilines is 1. The molecule has 3 N–H and O–H groups in total. The number of nitro groups is 1. The molecule has 0 aromatic heterocycles. The lowest BCUT2D eigenvalue weighted by Crippen LogP contribution is -2.39. The third-order valence-corrected chi connectivity index (χ3v) is 2.69. The predicted molar refractivity (Wildman–Crippen MR) is 69.3 cm³/mol. The molecule has 1 unspecified atom stereocenters. The van der Waals surface area contributed by atoms with Gasteiger partial charge < -0.3 is 11.1 Å². The van der Waals surface area contributed by atoms with Crippen molar-refractivity contribution < 1.29 is 9.72 Å². The smallest absolute Gasteiger partial charge is 0.272 e. The van der Waals surface area contributed by atoms with Gasteiger partial charge >= 0.3 is 0 Å². The molecule has 1 aromatic carbocycles. The van der Waals surface area contributed by atoms with E-state index in [1.807, 2.05) is 13.8 Å². The van der Waals surface area contributed by atoms with Crippen LogP contribution in [0, 0.1) is 23.0 Å². The molecule has 0 saturated heterocycles. The Bertz CT molecular complexity index is 472. The summed E-state index contributed by atoms with van der Waals surface area (Å²) >= 11 is 0. The zero-order chi connectivity index (χ0) is 13.9. The maximum absolute atomic E-state index is 11.3. The van der Waals surface area contributed by atoms with E-state index >= 15 is 0 Å². The number of hydrogen-bond donors (Lipinski definition) is 2. The molecular formula is C12H17N3O3. The largest absolute Gasteiger partial charge is 0.373 e. The van der Waals surface area contributed by atoms with Gasteiger partial charge in [-0.15, -0.1) is 0 Å². The summed E-state index contributed by atoms with van der Waals surface area (Å²) in [6.45, 7) is 5.40. The quantitative estimate of drug-likeness (QED) is 0.616. The molecule has 18 heavy (non-hydrogen) atoms. The highest BCUT2D eigenvalue weighted by molar-refractivity contribution is 5.83. The van der Waals surface area contributed by atoms with Crippen LogP contribution in [-0.2, 0) is 4.79 Å². The summed E-state index contributed by atoms with van der Waals surface area (Å²) in [5, 5.41) is 13.7. The van der Waals surface area contributed by atoms with E-state index in [4.69, 9.17) is 5.73 Å². The van der Waals surface area contributed by atoms with Gasteiger partial charge in [0.05, 0.1) is 4.92 Å². The van der Waals surface area contributed by atoms with E-state index in [0.29, 0.717) is 11.3 Å². The first-order valence-corrected chi connectivity index (χ1v) is 5.63. The monoisotopic (exact) mass is 251 g/mol. The van der Waals surface area contributed by atoms with Crippen molar-refractivity contribution in [2.45, 2.75) is 26.8 Å². The summed E-state index contributed by atoms with van der Waals surface area (Å²) in [7, 11) is 0. The van der Waals surface area contributed by atoms with Crippen LogP contribution in [0.1, 0.15) is 19.4 Å². The van der Waals surface area contributed by atoms with E-state index < -0.39 is 16.9 Å². The number of primary amides is 1. The summed E-state index contributed by atoms with van der Waals surface area (Å²) < 4.78 is 0. The lowest BCUT2D eigenvalue weighted by atomic mass is 10.0. The number of nitro benzene ring substituents is 1. The maximum Gasteiger partial charge on any atom is 0.272 e. The molecule has 1 atom stereocenters. The molecule has 6 heteroatoms. The fourth-order valence-corrected chi connectivity index (χ4v) is 1.70. The van der Waals surface area contributed by atoms with Gasteiger partial charge in [-0.1, -0.05) is 13.8 Å². The second-order valence-electron chi connectivity index (χ2n) is 4.53. The van der Waals surface area contributed by atoms with E-state index in [-0.39, 0.29) is 11.6 Å². The molecule has 6 nitrogen and oxygen atoms in total. The number of aryl methyl sites for hydroxylation is 1. The highest BCUT2D eigenvalue weighted by Gasteiger charge is 2.20. The van der Waals surface area contributed by atoms with Crippen molar-refractivity contribution in [3.05, 3.63) is 33.9 Å². The van der Waals surface area contributed by atoms with Crippen LogP contribution >= 0.6 is 0 Å². The van der Waals surface area contributed by atoms with E-state index in [0.717, 1.165) is 0 Å². The molecule has 0 fully saturated rings. The Morgan fingerprint density at radius 1 is 1.44 bits per heavy atom. The number of nitrogens with two attached hydrogens (primary N) is 1. The van der Waals surface area contributed by atoms with Gasteiger partial charge in [0.15, 0.2) is 0 Å². The molecular weight excluding hydrogens is 234 g/mol. The molecule has 98 valence electrons. The van der Waals surface area contributed by atoms with Crippen molar-refractivity contribution in [1.82, 2.24) is 0 Å². The van der Waals surface area contributed by atoms with Gasteiger partial charge in [0.2, 0.25) is 5.91 Å². The minimum absolute atomic E-state index is 0.0398. The topological polar surface area (TPSA) is 98.3 Å². The first-order valence-electron chi connectivity index (χ1n) is 5.63. The van der Waals surface area contributed by atoms with Crippen molar-refractivity contribution in [2.75, 3.05) is 5.32 Å². The van der Waals surface area contributed by atoms with Crippen molar-refractivity contribution in [2.24, 2.45) is 11.7 Å². The van der Waals surface area contributed by atoms with Crippen molar-refractivity contribution in [3.8, 4) is 0 Å². The summed E-state index contributed by atoms with van der Waals surface area (Å²) in [6, 6.07) is 4.13. The SMILES string of the molecule is Cc1cc(NC(C(N)=O)C(C)C)ccc1[N+](=O)[O-]. The molecule has 0 aliphatic carbocycles. The third-order valence-electron chi connectivity index (χ3n) is 2.69. The number of benzene rings is 1. The van der Waals surface area contributed by atoms with Crippen molar-refractivity contribution in [3.63, 3.8) is 0 Å². The van der Waals surface area contributed by atoms with Gasteiger partial charge in [0, 0.05) is 17.3 Å². The molecule has 1 amide bonds. The lowest BCUT2D eigenvalue weighted by molar-refractivity contribution is -0.385. The summed E-state index contributed by atoms with van der Waals surface area (Å²) in [4.78, 5) is 21.5. The van der Waals surface area contributed by atoms with E-state index in [9.17, 15) is 14.9 Å². The highest BCUT2D eigenvalue weighted by Crippen LogP contribution is 2.22. The van der Waals surface area contributed by atoms with Gasteiger partial charge in [0.25, 0.3) is 5.69 Å². The zero-order valence-electron chi connectivity index (χ0n) is 10.6. The van der Waals surface area contributed by atoms with Gasteiger partial charge in [0.1, 0.15) is 6.04 Å². The van der Waals surface area contributed by atoms with Crippen LogP contribution in [-0.4, -0.2) is 16.9 Å². The number of amides is 1. The number of nitrogens with one attached hydrogen (secondary N) is 1. The number of carbonyl (C=O) groups is 1. The Balaban J connectivity index is 2.95. The van der Waals surface area contributed by atoms with E-state index in [2.05, 4.69) is 5.32 Å². The van der Waals surface area contributed by atoms with Crippen molar-refractivity contribution >= 4 is 17.3 Å². The van der Waals surface area contributed by atoms with Crippen LogP contribution in [0.2, 0.25) is 0 Å². The van der Waals surface area contributed by atoms with Crippen LogP contribution in [0.4, 0.5) is 11.4 Å². The molecule has 1 rings (SSSR count). The van der Waals surface area contributed by atoms with Crippen LogP contribution in [0.25, 0.3) is 0 Å². The first-order chi connectivity index (χ1) is 8.32. The molecule has 0 heterocycles. The molecule has 0 radical (unpaired) electrons. The zero-order valence-corrected chi connectivity index (χ0v) is 10.6. The number of nitrogens with zero attached hydrogens (tertiary/aromatic N) is 1. The van der Waals surface area contributed by atoms with Gasteiger partial charge in [-0.25, -0.2) is 0 Å². The fraction of sp³-hybridized carbons (Fsp3) is 0.417. The van der Waals surface area contributed by atoms with Gasteiger partial charge in [-0.2, -0.15) is 0 Å². The molecule has 0 aliphatic rings.